The van der Waals surface area contributed by atoms with Gasteiger partial charge in [-0.3, -0.25) is 0 Å². The number of nitrogens with one attached hydrogen (secondary N) is 1. The van der Waals surface area contributed by atoms with Gasteiger partial charge in [0.25, 0.3) is 0 Å². The quantitative estimate of drug-likeness (QED) is 0.814. The van der Waals surface area contributed by atoms with Crippen LogP contribution in [0.1, 0.15) is 13.8 Å². The van der Waals surface area contributed by atoms with Crippen molar-refractivity contribution in [2.45, 2.75) is 24.2 Å². The van der Waals surface area contributed by atoms with Crippen LogP contribution in [-0.4, -0.2) is 22.0 Å². The summed E-state index contributed by atoms with van der Waals surface area (Å²) in [5, 5.41) is 12.1. The van der Waals surface area contributed by atoms with E-state index in [1.807, 2.05) is 6.08 Å². The van der Waals surface area contributed by atoms with Crippen LogP contribution in [0.3, 0.4) is 0 Å². The van der Waals surface area contributed by atoms with Crippen LogP contribution in [-0.2, 0) is 0 Å². The molecule has 0 aromatic carbocycles. The Morgan fingerprint density at radius 1 is 1.57 bits per heavy atom. The van der Waals surface area contributed by atoms with E-state index in [2.05, 4.69) is 29.4 Å². The molecule has 1 aromatic heterocycles. The van der Waals surface area contributed by atoms with E-state index in [1.54, 1.807) is 23.1 Å². The van der Waals surface area contributed by atoms with Gasteiger partial charge in [0, 0.05) is 17.3 Å². The van der Waals surface area contributed by atoms with Gasteiger partial charge in [-0.25, -0.2) is 0 Å². The summed E-state index contributed by atoms with van der Waals surface area (Å²) in [7, 11) is 0. The number of nitrogens with zero attached hydrogens (tertiary/aromatic N) is 2. The molecule has 1 heterocycles. The number of hydrogen-bond acceptors (Lipinski definition) is 5. The number of halogens is 1. The second kappa shape index (κ2) is 6.27. The van der Waals surface area contributed by atoms with Gasteiger partial charge in [-0.1, -0.05) is 40.8 Å². The summed E-state index contributed by atoms with van der Waals surface area (Å²) < 4.78 is 0.961. The van der Waals surface area contributed by atoms with E-state index in [-0.39, 0.29) is 0 Å². The zero-order valence-electron chi connectivity index (χ0n) is 8.03. The molecule has 0 unspecified atom stereocenters. The van der Waals surface area contributed by atoms with E-state index in [1.165, 1.54) is 5.54 Å². The molecule has 0 aliphatic heterocycles. The SMILES string of the molecule is CC(C)Nc1nnc(SC/C=C/Cl)s1. The van der Waals surface area contributed by atoms with Gasteiger partial charge in [0.05, 0.1) is 0 Å². The maximum atomic E-state index is 5.40. The summed E-state index contributed by atoms with van der Waals surface area (Å²) in [6, 6.07) is 0.392. The Morgan fingerprint density at radius 3 is 3.00 bits per heavy atom. The van der Waals surface area contributed by atoms with E-state index in [9.17, 15) is 0 Å². The fraction of sp³-hybridized carbons (Fsp3) is 0.500. The molecule has 0 bridgehead atoms. The molecule has 78 valence electrons. The molecule has 0 spiro atoms. The zero-order valence-corrected chi connectivity index (χ0v) is 10.4. The third kappa shape index (κ3) is 4.30. The zero-order chi connectivity index (χ0) is 10.4. The molecule has 1 aromatic rings. The topological polar surface area (TPSA) is 37.8 Å². The Morgan fingerprint density at radius 2 is 2.36 bits per heavy atom. The summed E-state index contributed by atoms with van der Waals surface area (Å²) in [5.74, 6) is 0.833. The van der Waals surface area contributed by atoms with Crippen LogP contribution >= 0.6 is 34.7 Å². The second-order valence-corrected chi connectivity index (χ2v) is 5.34. The molecule has 0 radical (unpaired) electrons. The first-order chi connectivity index (χ1) is 6.72. The van der Waals surface area contributed by atoms with Gasteiger partial charge in [-0.2, -0.15) is 0 Å². The standard InChI is InChI=1S/C8H12ClN3S2/c1-6(2)10-7-11-12-8(14-7)13-5-3-4-9/h3-4,6H,5H2,1-2H3,(H,10,11)/b4-3+. The minimum absolute atomic E-state index is 0.392. The summed E-state index contributed by atoms with van der Waals surface area (Å²) in [6.07, 6.45) is 1.88. The van der Waals surface area contributed by atoms with Crippen LogP contribution < -0.4 is 5.32 Å². The normalized spacial score (nSPS) is 11.4. The summed E-state index contributed by atoms with van der Waals surface area (Å²) in [5.41, 5.74) is 1.52. The largest absolute Gasteiger partial charge is 0.358 e. The monoisotopic (exact) mass is 249 g/mol. The lowest BCUT2D eigenvalue weighted by Gasteiger charge is -2.02. The molecular formula is C8H12ClN3S2. The molecule has 0 fully saturated rings. The smallest absolute Gasteiger partial charge is 0.206 e. The lowest BCUT2D eigenvalue weighted by atomic mass is 10.4. The molecule has 0 atom stereocenters. The predicted octanol–water partition coefficient (Wildman–Crippen LogP) is 3.20. The van der Waals surface area contributed by atoms with Crippen molar-refractivity contribution >= 4 is 39.8 Å². The van der Waals surface area contributed by atoms with Crippen molar-refractivity contribution in [2.75, 3.05) is 11.1 Å². The molecule has 14 heavy (non-hydrogen) atoms. The van der Waals surface area contributed by atoms with Crippen molar-refractivity contribution in [1.82, 2.24) is 10.2 Å². The number of thioether (sulfide) groups is 1. The third-order valence-corrected chi connectivity index (χ3v) is 3.33. The van der Waals surface area contributed by atoms with Gasteiger partial charge in [-0.05, 0) is 13.8 Å². The minimum atomic E-state index is 0.392. The summed E-state index contributed by atoms with van der Waals surface area (Å²) in [6.45, 7) is 4.15. The molecule has 3 nitrogen and oxygen atoms in total. The predicted molar refractivity (Wildman–Crippen MR) is 64.4 cm³/mol. The summed E-state index contributed by atoms with van der Waals surface area (Å²) in [4.78, 5) is 0. The molecule has 1 N–H and O–H groups in total. The molecule has 0 amide bonds. The Balaban J connectivity index is 2.42. The van der Waals surface area contributed by atoms with E-state index < -0.39 is 0 Å². The van der Waals surface area contributed by atoms with Gasteiger partial charge in [0.2, 0.25) is 5.13 Å². The van der Waals surface area contributed by atoms with E-state index in [0.29, 0.717) is 6.04 Å². The highest BCUT2D eigenvalue weighted by Gasteiger charge is 2.04. The van der Waals surface area contributed by atoms with Gasteiger partial charge in [-0.15, -0.1) is 10.2 Å². The Kier molecular flexibility index (Phi) is 5.29. The molecule has 0 aliphatic rings. The van der Waals surface area contributed by atoms with Crippen LogP contribution in [0.15, 0.2) is 16.0 Å². The molecule has 1 rings (SSSR count). The Bertz CT molecular complexity index is 299. The van der Waals surface area contributed by atoms with E-state index in [4.69, 9.17) is 11.6 Å². The van der Waals surface area contributed by atoms with Crippen LogP contribution in [0.2, 0.25) is 0 Å². The number of rotatable bonds is 5. The van der Waals surface area contributed by atoms with Crippen molar-refractivity contribution in [1.29, 1.82) is 0 Å². The van der Waals surface area contributed by atoms with Gasteiger partial charge in [0.15, 0.2) is 4.34 Å². The highest BCUT2D eigenvalue weighted by atomic mass is 35.5. The fourth-order valence-electron chi connectivity index (χ4n) is 0.729. The first-order valence-corrected chi connectivity index (χ1v) is 6.44. The maximum absolute atomic E-state index is 5.40. The van der Waals surface area contributed by atoms with Crippen LogP contribution in [0.4, 0.5) is 5.13 Å². The van der Waals surface area contributed by atoms with E-state index in [0.717, 1.165) is 15.2 Å². The van der Waals surface area contributed by atoms with Crippen LogP contribution in [0.5, 0.6) is 0 Å². The van der Waals surface area contributed by atoms with Crippen molar-refractivity contribution in [3.63, 3.8) is 0 Å². The average Bonchev–Trinajstić information content (AvgIpc) is 2.52. The highest BCUT2D eigenvalue weighted by molar-refractivity contribution is 8.01. The van der Waals surface area contributed by atoms with Crippen LogP contribution in [0, 0.1) is 0 Å². The molecule has 0 saturated heterocycles. The molecule has 6 heteroatoms. The first-order valence-electron chi connectivity index (χ1n) is 4.20. The minimum Gasteiger partial charge on any atom is -0.358 e. The number of anilines is 1. The lowest BCUT2D eigenvalue weighted by molar-refractivity contribution is 0.883. The van der Waals surface area contributed by atoms with Gasteiger partial charge in [0.1, 0.15) is 0 Å². The summed E-state index contributed by atoms with van der Waals surface area (Å²) >= 11 is 8.59. The number of hydrogen-bond donors (Lipinski definition) is 1. The van der Waals surface area contributed by atoms with Crippen molar-refractivity contribution in [3.05, 3.63) is 11.6 Å². The first kappa shape index (κ1) is 11.8. The maximum Gasteiger partial charge on any atom is 0.206 e. The van der Waals surface area contributed by atoms with Gasteiger partial charge < -0.3 is 5.32 Å². The van der Waals surface area contributed by atoms with Crippen molar-refractivity contribution < 1.29 is 0 Å². The number of aromatic nitrogens is 2. The van der Waals surface area contributed by atoms with E-state index >= 15 is 0 Å². The Hall–Kier alpha value is -0.260. The van der Waals surface area contributed by atoms with Crippen LogP contribution in [0.25, 0.3) is 0 Å². The molecule has 0 aliphatic carbocycles. The van der Waals surface area contributed by atoms with Crippen molar-refractivity contribution in [3.8, 4) is 0 Å². The Labute approximate surface area is 97.0 Å². The lowest BCUT2D eigenvalue weighted by Crippen LogP contribution is -2.08. The molecule has 0 saturated carbocycles. The highest BCUT2D eigenvalue weighted by Crippen LogP contribution is 2.25. The van der Waals surface area contributed by atoms with Crippen molar-refractivity contribution in [2.24, 2.45) is 0 Å². The molecular weight excluding hydrogens is 238 g/mol. The fourth-order valence-corrected chi connectivity index (χ4v) is 2.66. The van der Waals surface area contributed by atoms with Gasteiger partial charge >= 0.3 is 0 Å². The average molecular weight is 250 g/mol. The second-order valence-electron chi connectivity index (χ2n) is 2.84. The third-order valence-electron chi connectivity index (χ3n) is 1.21.